The minimum atomic E-state index is -0.408. The molecule has 52 heavy (non-hydrogen) atoms. The van der Waals surface area contributed by atoms with Crippen molar-refractivity contribution in [1.29, 1.82) is 0 Å². The van der Waals surface area contributed by atoms with Crippen molar-refractivity contribution in [1.82, 2.24) is 35.2 Å². The lowest BCUT2D eigenvalue weighted by atomic mass is 9.91. The molecule has 4 amide bonds. The maximum atomic E-state index is 13.4. The van der Waals surface area contributed by atoms with Crippen molar-refractivity contribution in [2.75, 3.05) is 44.4 Å². The first kappa shape index (κ1) is 34.6. The SMILES string of the molecule is CCC1c2c(cnn2C2CN(C(=O)c3cccc(C(=O)N(C)C)n3)C2)-c2cccc(NC(/C=C(\N)NC(=O)C3CC3)=C(/N)C(=O)NC3CC3)c2N1C. The van der Waals surface area contributed by atoms with Gasteiger partial charge in [0, 0.05) is 63.4 Å². The lowest BCUT2D eigenvalue weighted by Crippen LogP contribution is -2.52. The third-order valence-corrected chi connectivity index (χ3v) is 10.0. The van der Waals surface area contributed by atoms with Crippen LogP contribution in [0.15, 0.2) is 65.9 Å². The number of allylic oxidation sites excluding steroid dienone is 1. The topological polar surface area (TPSA) is 197 Å². The smallest absolute Gasteiger partial charge is 0.272 e. The van der Waals surface area contributed by atoms with E-state index in [2.05, 4.69) is 32.8 Å². The number of hydrogen-bond acceptors (Lipinski definition) is 10. The zero-order valence-electron chi connectivity index (χ0n) is 29.8. The molecule has 2 aliphatic heterocycles. The van der Waals surface area contributed by atoms with Crippen LogP contribution in [0.1, 0.15) is 77.8 Å². The first-order valence-corrected chi connectivity index (χ1v) is 17.7. The van der Waals surface area contributed by atoms with Crippen molar-refractivity contribution in [3.63, 3.8) is 0 Å². The Balaban J connectivity index is 1.15. The Morgan fingerprint density at radius 3 is 2.37 bits per heavy atom. The number of nitrogens with zero attached hydrogens (tertiary/aromatic N) is 6. The van der Waals surface area contributed by atoms with Gasteiger partial charge in [0.2, 0.25) is 5.91 Å². The van der Waals surface area contributed by atoms with Gasteiger partial charge in [0.05, 0.1) is 41.0 Å². The van der Waals surface area contributed by atoms with Crippen molar-refractivity contribution < 1.29 is 19.2 Å². The Morgan fingerprint density at radius 1 is 0.981 bits per heavy atom. The van der Waals surface area contributed by atoms with Gasteiger partial charge in [0.25, 0.3) is 17.7 Å². The monoisotopic (exact) mass is 707 g/mol. The van der Waals surface area contributed by atoms with Gasteiger partial charge in [-0.1, -0.05) is 25.1 Å². The van der Waals surface area contributed by atoms with Crippen LogP contribution in [0, 0.1) is 5.92 Å². The molecule has 1 unspecified atom stereocenters. The summed E-state index contributed by atoms with van der Waals surface area (Å²) in [4.78, 5) is 61.0. The molecule has 2 saturated carbocycles. The number of fused-ring (bicyclic) bond motifs is 3. The number of nitrogens with two attached hydrogens (primary N) is 2. The zero-order valence-corrected chi connectivity index (χ0v) is 29.8. The van der Waals surface area contributed by atoms with E-state index in [9.17, 15) is 19.2 Å². The molecule has 0 bridgehead atoms. The largest absolute Gasteiger partial charge is 0.393 e. The van der Waals surface area contributed by atoms with Crippen molar-refractivity contribution in [3.05, 3.63) is 83.0 Å². The van der Waals surface area contributed by atoms with Crippen LogP contribution in [0.4, 0.5) is 11.4 Å². The van der Waals surface area contributed by atoms with Gasteiger partial charge in [0.1, 0.15) is 22.9 Å². The highest BCUT2D eigenvalue weighted by atomic mass is 16.2. The van der Waals surface area contributed by atoms with E-state index >= 15 is 0 Å². The molecule has 15 heteroatoms. The number of aromatic nitrogens is 3. The molecular formula is C37H45N11O4. The maximum Gasteiger partial charge on any atom is 0.272 e. The van der Waals surface area contributed by atoms with Crippen LogP contribution < -0.4 is 32.3 Å². The Labute approximate surface area is 302 Å². The fourth-order valence-corrected chi connectivity index (χ4v) is 6.81. The minimum absolute atomic E-state index is 0.0390. The van der Waals surface area contributed by atoms with Gasteiger partial charge < -0.3 is 42.1 Å². The number of anilines is 2. The molecule has 0 spiro atoms. The molecule has 15 nitrogen and oxygen atoms in total. The molecule has 7 N–H and O–H groups in total. The second-order valence-corrected chi connectivity index (χ2v) is 14.2. The average molecular weight is 708 g/mol. The second-order valence-electron chi connectivity index (χ2n) is 14.2. The zero-order chi connectivity index (χ0) is 36.8. The number of hydrogen-bond donors (Lipinski definition) is 5. The summed E-state index contributed by atoms with van der Waals surface area (Å²) >= 11 is 0. The normalized spacial score (nSPS) is 18.8. The quantitative estimate of drug-likeness (QED) is 0.146. The summed E-state index contributed by atoms with van der Waals surface area (Å²) in [6.45, 7) is 3.03. The Kier molecular flexibility index (Phi) is 9.11. The molecule has 3 aromatic rings. The Bertz CT molecular complexity index is 2000. The van der Waals surface area contributed by atoms with Crippen molar-refractivity contribution in [2.24, 2.45) is 17.4 Å². The lowest BCUT2D eigenvalue weighted by Gasteiger charge is -2.43. The van der Waals surface area contributed by atoms with Crippen molar-refractivity contribution >= 4 is 35.0 Å². The van der Waals surface area contributed by atoms with E-state index in [1.807, 2.05) is 36.1 Å². The summed E-state index contributed by atoms with van der Waals surface area (Å²) in [6.07, 6.45) is 7.61. The van der Waals surface area contributed by atoms with Crippen LogP contribution in [-0.4, -0.2) is 88.5 Å². The number of para-hydroxylation sites is 1. The lowest BCUT2D eigenvalue weighted by molar-refractivity contribution is -0.121. The minimum Gasteiger partial charge on any atom is -0.393 e. The van der Waals surface area contributed by atoms with E-state index in [0.29, 0.717) is 18.8 Å². The van der Waals surface area contributed by atoms with Gasteiger partial charge >= 0.3 is 0 Å². The van der Waals surface area contributed by atoms with Crippen LogP contribution in [-0.2, 0) is 9.59 Å². The van der Waals surface area contributed by atoms with Crippen LogP contribution in [0.3, 0.4) is 0 Å². The molecular weight excluding hydrogens is 662 g/mol. The third kappa shape index (κ3) is 6.65. The van der Waals surface area contributed by atoms with Gasteiger partial charge in [0.15, 0.2) is 0 Å². The van der Waals surface area contributed by atoms with Crippen molar-refractivity contribution in [2.45, 2.75) is 57.2 Å². The second kappa shape index (κ2) is 13.7. The summed E-state index contributed by atoms with van der Waals surface area (Å²) in [7, 11) is 5.32. The number of nitrogens with one attached hydrogen (secondary N) is 3. The number of carbonyl (C=O) groups excluding carboxylic acids is 4. The van der Waals surface area contributed by atoms with Gasteiger partial charge in [-0.15, -0.1) is 0 Å². The van der Waals surface area contributed by atoms with Crippen LogP contribution in [0.25, 0.3) is 11.1 Å². The molecule has 2 aromatic heterocycles. The van der Waals surface area contributed by atoms with Crippen LogP contribution in [0.2, 0.25) is 0 Å². The highest BCUT2D eigenvalue weighted by molar-refractivity contribution is 5.98. The van der Waals surface area contributed by atoms with E-state index < -0.39 is 5.91 Å². The summed E-state index contributed by atoms with van der Waals surface area (Å²) < 4.78 is 2.03. The summed E-state index contributed by atoms with van der Waals surface area (Å²) in [5, 5.41) is 13.9. The summed E-state index contributed by atoms with van der Waals surface area (Å²) in [6, 6.07) is 10.8. The molecule has 4 heterocycles. The first-order chi connectivity index (χ1) is 24.9. The van der Waals surface area contributed by atoms with E-state index in [-0.39, 0.29) is 70.4 Å². The number of carbonyl (C=O) groups is 4. The molecule has 0 radical (unpaired) electrons. The molecule has 1 aromatic carbocycles. The fourth-order valence-electron chi connectivity index (χ4n) is 6.81. The molecule has 7 rings (SSSR count). The average Bonchev–Trinajstić information content (AvgIpc) is 4.05. The Morgan fingerprint density at radius 2 is 1.69 bits per heavy atom. The number of pyridine rings is 1. The Hall–Kier alpha value is -5.86. The highest BCUT2D eigenvalue weighted by Gasteiger charge is 2.40. The maximum absolute atomic E-state index is 13.4. The van der Waals surface area contributed by atoms with E-state index in [1.54, 1.807) is 37.2 Å². The predicted octanol–water partition coefficient (Wildman–Crippen LogP) is 2.43. The molecule has 272 valence electrons. The molecule has 3 fully saturated rings. The fraction of sp³-hybridized carbons (Fsp3) is 0.405. The van der Waals surface area contributed by atoms with E-state index in [4.69, 9.17) is 16.6 Å². The molecule has 4 aliphatic rings. The van der Waals surface area contributed by atoms with Gasteiger partial charge in [-0.3, -0.25) is 23.9 Å². The molecule has 2 aliphatic carbocycles. The van der Waals surface area contributed by atoms with Gasteiger partial charge in [-0.05, 0) is 50.3 Å². The number of benzene rings is 1. The first-order valence-electron chi connectivity index (χ1n) is 17.7. The molecule has 1 saturated heterocycles. The van der Waals surface area contributed by atoms with Crippen LogP contribution in [0.5, 0.6) is 0 Å². The standard InChI is InChI=1S/C37H45N11O4/c1-5-29-33-24(17-40-48(33)22-18-47(19-22)37(52)27-11-7-10-26(43-27)36(51)45(2)3)23-8-6-9-25(32(23)46(29)4)42-28(31(39)35(50)41-21-14-15-21)16-30(38)44-34(49)20-12-13-20/h6-11,16-17,20-22,29,42H,5,12-15,18-19,38-39H2,1-4H3,(H,41,50)(H,44,49)/b30-16+,31-28+. The highest BCUT2D eigenvalue weighted by Crippen LogP contribution is 2.49. The third-order valence-electron chi connectivity index (χ3n) is 10.0. The van der Waals surface area contributed by atoms with E-state index in [1.165, 1.54) is 11.0 Å². The van der Waals surface area contributed by atoms with Gasteiger partial charge in [-0.25, -0.2) is 4.98 Å². The van der Waals surface area contributed by atoms with E-state index in [0.717, 1.165) is 54.6 Å². The number of amides is 4. The van der Waals surface area contributed by atoms with Crippen LogP contribution >= 0.6 is 0 Å². The number of rotatable bonds is 11. The summed E-state index contributed by atoms with van der Waals surface area (Å²) in [5.74, 6) is -1.01. The molecule has 1 atom stereocenters. The predicted molar refractivity (Wildman–Crippen MR) is 195 cm³/mol. The van der Waals surface area contributed by atoms with Crippen molar-refractivity contribution in [3.8, 4) is 11.1 Å². The van der Waals surface area contributed by atoms with Gasteiger partial charge in [-0.2, -0.15) is 5.10 Å². The summed E-state index contributed by atoms with van der Waals surface area (Å²) in [5.41, 5.74) is 18.0. The number of likely N-dealkylation sites (tertiary alicyclic amines) is 1.